The average molecular weight is 285 g/mol. The fourth-order valence-electron chi connectivity index (χ4n) is 2.04. The van der Waals surface area contributed by atoms with Gasteiger partial charge in [0.1, 0.15) is 0 Å². The molecule has 0 amide bonds. The summed E-state index contributed by atoms with van der Waals surface area (Å²) in [6.07, 6.45) is 4.83. The van der Waals surface area contributed by atoms with Crippen molar-refractivity contribution < 1.29 is 8.42 Å². The molecule has 0 bridgehead atoms. The minimum Gasteiger partial charge on any atom is -0.349 e. The third-order valence-corrected chi connectivity index (χ3v) is 5.11. The number of aryl methyl sites for hydroxylation is 1. The largest absolute Gasteiger partial charge is 0.349 e. The molecule has 0 aromatic carbocycles. The predicted molar refractivity (Wildman–Crippen MR) is 75.1 cm³/mol. The molecular weight excluding hydrogens is 262 g/mol. The fraction of sp³-hybridized carbons (Fsp3) is 0.692. The predicted octanol–water partition coefficient (Wildman–Crippen LogP) is 1.44. The van der Waals surface area contributed by atoms with Crippen LogP contribution in [-0.4, -0.2) is 19.5 Å². The average Bonchev–Trinajstić information content (AvgIpc) is 2.95. The van der Waals surface area contributed by atoms with E-state index in [1.165, 1.54) is 0 Å². The Labute approximate surface area is 115 Å². The highest BCUT2D eigenvalue weighted by molar-refractivity contribution is 7.89. The molecule has 0 spiro atoms. The molecule has 1 aliphatic carbocycles. The normalized spacial score (nSPS) is 17.6. The number of nitrogens with two attached hydrogens (primary N) is 1. The molecule has 5 nitrogen and oxygen atoms in total. The molecule has 1 saturated carbocycles. The van der Waals surface area contributed by atoms with Crippen molar-refractivity contribution in [1.29, 1.82) is 0 Å². The van der Waals surface area contributed by atoms with Crippen molar-refractivity contribution in [2.24, 2.45) is 11.1 Å². The van der Waals surface area contributed by atoms with Crippen molar-refractivity contribution in [2.75, 3.05) is 6.54 Å². The maximum atomic E-state index is 12.2. The van der Waals surface area contributed by atoms with Crippen LogP contribution in [-0.2, 0) is 23.1 Å². The van der Waals surface area contributed by atoms with Gasteiger partial charge in [-0.2, -0.15) is 0 Å². The first-order valence-electron chi connectivity index (χ1n) is 6.79. The summed E-state index contributed by atoms with van der Waals surface area (Å²) in [7, 11) is -3.41. The van der Waals surface area contributed by atoms with Crippen molar-refractivity contribution in [3.8, 4) is 0 Å². The zero-order chi connectivity index (χ0) is 14.1. The van der Waals surface area contributed by atoms with Gasteiger partial charge in [-0.15, -0.1) is 0 Å². The van der Waals surface area contributed by atoms with Gasteiger partial charge in [0.15, 0.2) is 0 Å². The first-order valence-corrected chi connectivity index (χ1v) is 8.27. The maximum Gasteiger partial charge on any atom is 0.242 e. The summed E-state index contributed by atoms with van der Waals surface area (Å²) < 4.78 is 29.1. The lowest BCUT2D eigenvalue weighted by molar-refractivity contribution is 0.530. The van der Waals surface area contributed by atoms with E-state index in [2.05, 4.69) is 18.6 Å². The third-order valence-electron chi connectivity index (χ3n) is 3.74. The van der Waals surface area contributed by atoms with E-state index in [1.54, 1.807) is 12.3 Å². The van der Waals surface area contributed by atoms with Gasteiger partial charge in [-0.05, 0) is 30.7 Å². The Morgan fingerprint density at radius 1 is 1.47 bits per heavy atom. The topological polar surface area (TPSA) is 77.1 Å². The molecule has 0 unspecified atom stereocenters. The van der Waals surface area contributed by atoms with Crippen molar-refractivity contribution in [2.45, 2.75) is 51.1 Å². The van der Waals surface area contributed by atoms with E-state index in [1.807, 2.05) is 4.57 Å². The third kappa shape index (κ3) is 3.38. The van der Waals surface area contributed by atoms with E-state index in [-0.39, 0.29) is 5.41 Å². The maximum absolute atomic E-state index is 12.2. The Bertz CT molecular complexity index is 544. The van der Waals surface area contributed by atoms with Gasteiger partial charge in [-0.1, -0.05) is 13.8 Å². The molecule has 2 rings (SSSR count). The molecule has 0 radical (unpaired) electrons. The van der Waals surface area contributed by atoms with Crippen LogP contribution < -0.4 is 10.5 Å². The molecular formula is C13H23N3O2S. The van der Waals surface area contributed by atoms with Crippen LogP contribution in [0.2, 0.25) is 0 Å². The number of hydrogen-bond donors (Lipinski definition) is 2. The Kier molecular flexibility index (Phi) is 4.03. The Morgan fingerprint density at radius 3 is 2.68 bits per heavy atom. The number of nitrogens with zero attached hydrogens (tertiary/aromatic N) is 1. The number of aromatic nitrogens is 1. The van der Waals surface area contributed by atoms with Gasteiger partial charge in [-0.3, -0.25) is 0 Å². The summed E-state index contributed by atoms with van der Waals surface area (Å²) in [5, 5.41) is 0. The van der Waals surface area contributed by atoms with Crippen LogP contribution >= 0.6 is 0 Å². The highest BCUT2D eigenvalue weighted by Gasteiger charge is 2.38. The summed E-state index contributed by atoms with van der Waals surface area (Å²) in [6, 6.07) is 1.67. The van der Waals surface area contributed by atoms with Crippen molar-refractivity contribution >= 4 is 10.0 Å². The van der Waals surface area contributed by atoms with E-state index < -0.39 is 10.0 Å². The van der Waals surface area contributed by atoms with E-state index in [9.17, 15) is 8.42 Å². The van der Waals surface area contributed by atoms with Gasteiger partial charge in [0.2, 0.25) is 10.0 Å². The van der Waals surface area contributed by atoms with E-state index in [0.29, 0.717) is 18.0 Å². The molecule has 1 heterocycles. The molecule has 0 aliphatic heterocycles. The van der Waals surface area contributed by atoms with Crippen LogP contribution in [0.25, 0.3) is 0 Å². The Balaban J connectivity index is 2.14. The van der Waals surface area contributed by atoms with E-state index in [0.717, 1.165) is 31.5 Å². The monoisotopic (exact) mass is 285 g/mol. The van der Waals surface area contributed by atoms with Gasteiger partial charge in [0.25, 0.3) is 0 Å². The Morgan fingerprint density at radius 2 is 2.16 bits per heavy atom. The summed E-state index contributed by atoms with van der Waals surface area (Å²) in [4.78, 5) is 0.325. The van der Waals surface area contributed by atoms with Gasteiger partial charge in [0.05, 0.1) is 4.90 Å². The molecule has 19 heavy (non-hydrogen) atoms. The molecule has 1 aromatic rings. The number of rotatable bonds is 7. The van der Waals surface area contributed by atoms with Gasteiger partial charge >= 0.3 is 0 Å². The lowest BCUT2D eigenvalue weighted by Gasteiger charge is -2.09. The first-order chi connectivity index (χ1) is 8.90. The van der Waals surface area contributed by atoms with E-state index in [4.69, 9.17) is 5.73 Å². The van der Waals surface area contributed by atoms with Crippen LogP contribution in [0.1, 0.15) is 38.8 Å². The smallest absolute Gasteiger partial charge is 0.242 e. The molecule has 6 heteroatoms. The van der Waals surface area contributed by atoms with Crippen molar-refractivity contribution in [1.82, 2.24) is 9.29 Å². The van der Waals surface area contributed by atoms with Crippen molar-refractivity contribution in [3.05, 3.63) is 18.0 Å². The van der Waals surface area contributed by atoms with Crippen LogP contribution in [0.4, 0.5) is 0 Å². The minimum atomic E-state index is -3.41. The van der Waals surface area contributed by atoms with Gasteiger partial charge in [0, 0.05) is 31.5 Å². The summed E-state index contributed by atoms with van der Waals surface area (Å²) in [5.74, 6) is 0. The van der Waals surface area contributed by atoms with Crippen molar-refractivity contribution in [3.63, 3.8) is 0 Å². The molecule has 0 saturated heterocycles. The zero-order valence-electron chi connectivity index (χ0n) is 11.6. The quantitative estimate of drug-likeness (QED) is 0.795. The summed E-state index contributed by atoms with van der Waals surface area (Å²) in [6.45, 7) is 5.82. The standard InChI is InChI=1S/C13H23N3O2S/c1-3-6-16-9-12(7-11(16)8-14)19(17,18)15-10-13(2)4-5-13/h7,9,15H,3-6,8,10,14H2,1-2H3. The molecule has 1 fully saturated rings. The Hall–Kier alpha value is -0.850. The van der Waals surface area contributed by atoms with Crippen LogP contribution in [0.15, 0.2) is 17.2 Å². The lowest BCUT2D eigenvalue weighted by Crippen LogP contribution is -2.28. The molecule has 1 aliphatic rings. The van der Waals surface area contributed by atoms with E-state index >= 15 is 0 Å². The number of nitrogens with one attached hydrogen (secondary N) is 1. The summed E-state index contributed by atoms with van der Waals surface area (Å²) >= 11 is 0. The van der Waals surface area contributed by atoms with Crippen LogP contribution in [0.3, 0.4) is 0 Å². The molecule has 1 aromatic heterocycles. The molecule has 0 atom stereocenters. The van der Waals surface area contributed by atoms with Crippen LogP contribution in [0, 0.1) is 5.41 Å². The molecule has 108 valence electrons. The molecule has 3 N–H and O–H groups in total. The second-order valence-corrected chi connectivity index (χ2v) is 7.47. The lowest BCUT2D eigenvalue weighted by atomic mass is 10.2. The minimum absolute atomic E-state index is 0.162. The second kappa shape index (κ2) is 5.26. The van der Waals surface area contributed by atoms with Gasteiger partial charge in [-0.25, -0.2) is 13.1 Å². The summed E-state index contributed by atoms with van der Waals surface area (Å²) in [5.41, 5.74) is 6.68. The fourth-order valence-corrected chi connectivity index (χ4v) is 3.30. The van der Waals surface area contributed by atoms with Gasteiger partial charge < -0.3 is 10.3 Å². The SMILES string of the molecule is CCCn1cc(S(=O)(=O)NCC2(C)CC2)cc1CN. The number of hydrogen-bond acceptors (Lipinski definition) is 3. The second-order valence-electron chi connectivity index (χ2n) is 5.70. The van der Waals surface area contributed by atoms with Crippen LogP contribution in [0.5, 0.6) is 0 Å². The zero-order valence-corrected chi connectivity index (χ0v) is 12.5. The highest BCUT2D eigenvalue weighted by atomic mass is 32.2. The highest BCUT2D eigenvalue weighted by Crippen LogP contribution is 2.44. The number of sulfonamides is 1. The first kappa shape index (κ1) is 14.6.